The Balaban J connectivity index is 1.44. The number of para-hydroxylation sites is 1. The summed E-state index contributed by atoms with van der Waals surface area (Å²) in [6, 6.07) is 12.4. The molecule has 2 aromatic rings. The summed E-state index contributed by atoms with van der Waals surface area (Å²) >= 11 is 0. The van der Waals surface area contributed by atoms with Crippen molar-refractivity contribution in [2.24, 2.45) is 10.7 Å². The van der Waals surface area contributed by atoms with Gasteiger partial charge in [-0.05, 0) is 43.5 Å². The van der Waals surface area contributed by atoms with Gasteiger partial charge in [-0.1, -0.05) is 18.2 Å². The number of nitrogens with zero attached hydrogens (tertiary/aromatic N) is 3. The van der Waals surface area contributed by atoms with E-state index >= 15 is 0 Å². The van der Waals surface area contributed by atoms with Crippen LogP contribution in [-0.4, -0.2) is 30.6 Å². The van der Waals surface area contributed by atoms with Gasteiger partial charge >= 0.3 is 0 Å². The highest BCUT2D eigenvalue weighted by Gasteiger charge is 2.21. The highest BCUT2D eigenvalue weighted by Crippen LogP contribution is 2.31. The summed E-state index contributed by atoms with van der Waals surface area (Å²) in [5.74, 6) is 2.45. The predicted octanol–water partition coefficient (Wildman–Crippen LogP) is 2.92. The van der Waals surface area contributed by atoms with E-state index in [1.165, 1.54) is 12.8 Å². The molecule has 0 saturated carbocycles. The molecule has 4 rings (SSSR count). The average molecular weight is 365 g/mol. The molecule has 6 heteroatoms. The van der Waals surface area contributed by atoms with E-state index in [1.54, 1.807) is 0 Å². The second kappa shape index (κ2) is 7.86. The van der Waals surface area contributed by atoms with E-state index in [2.05, 4.69) is 38.4 Å². The van der Waals surface area contributed by atoms with Crippen LogP contribution in [0.15, 0.2) is 41.4 Å². The van der Waals surface area contributed by atoms with Crippen LogP contribution in [0.25, 0.3) is 0 Å². The molecule has 0 aliphatic carbocycles. The van der Waals surface area contributed by atoms with Crippen LogP contribution in [0.1, 0.15) is 42.1 Å². The van der Waals surface area contributed by atoms with E-state index in [0.717, 1.165) is 47.9 Å². The van der Waals surface area contributed by atoms with E-state index in [0.29, 0.717) is 19.1 Å². The molecule has 1 aromatic heterocycles. The number of fused-ring (bicyclic) bond motifs is 1. The molecule has 0 spiro atoms. The van der Waals surface area contributed by atoms with Crippen molar-refractivity contribution in [2.75, 3.05) is 24.6 Å². The molecule has 1 unspecified atom stereocenters. The highest BCUT2D eigenvalue weighted by atomic mass is 16.5. The van der Waals surface area contributed by atoms with Crippen LogP contribution < -0.4 is 20.7 Å². The fourth-order valence-corrected chi connectivity index (χ4v) is 3.81. The number of hydrogen-bond acceptors (Lipinski definition) is 4. The number of aromatic nitrogens is 1. The van der Waals surface area contributed by atoms with Gasteiger partial charge in [-0.15, -0.1) is 0 Å². The predicted molar refractivity (Wildman–Crippen MR) is 108 cm³/mol. The van der Waals surface area contributed by atoms with E-state index in [9.17, 15) is 0 Å². The van der Waals surface area contributed by atoms with Crippen molar-refractivity contribution in [1.29, 1.82) is 0 Å². The number of hydrogen-bond donors (Lipinski definition) is 2. The second-order valence-electron chi connectivity index (χ2n) is 7.24. The summed E-state index contributed by atoms with van der Waals surface area (Å²) in [5, 5.41) is 3.35. The number of ether oxygens (including phenoxy) is 1. The van der Waals surface area contributed by atoms with Crippen molar-refractivity contribution in [3.63, 3.8) is 0 Å². The molecule has 6 nitrogen and oxygen atoms in total. The van der Waals surface area contributed by atoms with Gasteiger partial charge in [0.25, 0.3) is 0 Å². The number of aliphatic imine (C=N–C) groups is 1. The normalized spacial score (nSPS) is 19.5. The smallest absolute Gasteiger partial charge is 0.189 e. The maximum absolute atomic E-state index is 6.18. The molecule has 0 bridgehead atoms. The molecule has 2 aliphatic rings. The Bertz CT molecular complexity index is 829. The Morgan fingerprint density at radius 3 is 2.96 bits per heavy atom. The van der Waals surface area contributed by atoms with Crippen molar-refractivity contribution in [3.8, 4) is 5.75 Å². The number of pyridine rings is 1. The van der Waals surface area contributed by atoms with Gasteiger partial charge in [-0.25, -0.2) is 9.98 Å². The SMILES string of the molecule is Cc1cc(CN=C(N)NC2CCOc3ccccc32)cc(N2CCCC2)n1. The lowest BCUT2D eigenvalue weighted by molar-refractivity contribution is 0.262. The van der Waals surface area contributed by atoms with E-state index in [4.69, 9.17) is 10.5 Å². The van der Waals surface area contributed by atoms with E-state index in [-0.39, 0.29) is 6.04 Å². The van der Waals surface area contributed by atoms with E-state index in [1.807, 2.05) is 25.1 Å². The summed E-state index contributed by atoms with van der Waals surface area (Å²) in [6.45, 7) is 5.45. The first-order chi connectivity index (χ1) is 13.2. The van der Waals surface area contributed by atoms with Crippen LogP contribution in [0.3, 0.4) is 0 Å². The van der Waals surface area contributed by atoms with Gasteiger partial charge in [0.15, 0.2) is 5.96 Å². The van der Waals surface area contributed by atoms with Gasteiger partial charge in [0.2, 0.25) is 0 Å². The fraction of sp³-hybridized carbons (Fsp3) is 0.429. The highest BCUT2D eigenvalue weighted by molar-refractivity contribution is 5.78. The molecule has 1 fully saturated rings. The van der Waals surface area contributed by atoms with Gasteiger partial charge in [0, 0.05) is 30.8 Å². The molecule has 1 atom stereocenters. The van der Waals surface area contributed by atoms with Gasteiger partial charge in [-0.2, -0.15) is 0 Å². The van der Waals surface area contributed by atoms with E-state index < -0.39 is 0 Å². The Morgan fingerprint density at radius 2 is 2.11 bits per heavy atom. The molecule has 27 heavy (non-hydrogen) atoms. The molecular formula is C21H27N5O. The fourth-order valence-electron chi connectivity index (χ4n) is 3.81. The van der Waals surface area contributed by atoms with Gasteiger partial charge < -0.3 is 20.7 Å². The number of anilines is 1. The van der Waals surface area contributed by atoms with Crippen LogP contribution in [0.4, 0.5) is 5.82 Å². The van der Waals surface area contributed by atoms with Crippen molar-refractivity contribution in [2.45, 2.75) is 38.8 Å². The molecule has 3 N–H and O–H groups in total. The second-order valence-corrected chi connectivity index (χ2v) is 7.24. The Morgan fingerprint density at radius 1 is 1.30 bits per heavy atom. The zero-order valence-corrected chi connectivity index (χ0v) is 15.8. The lowest BCUT2D eigenvalue weighted by Crippen LogP contribution is -2.37. The molecule has 2 aliphatic heterocycles. The standard InChI is InChI=1S/C21H27N5O/c1-15-12-16(13-20(24-15)26-9-4-5-10-26)14-23-21(22)25-18-8-11-27-19-7-3-2-6-17(18)19/h2-3,6-7,12-13,18H,4-5,8-11,14H2,1H3,(H3,22,23,25). The maximum Gasteiger partial charge on any atom is 0.189 e. The van der Waals surface area contributed by atoms with Crippen LogP contribution in [0.5, 0.6) is 5.75 Å². The zero-order chi connectivity index (χ0) is 18.6. The molecule has 0 radical (unpaired) electrons. The summed E-state index contributed by atoms with van der Waals surface area (Å²) in [5.41, 5.74) is 9.48. The summed E-state index contributed by atoms with van der Waals surface area (Å²) in [4.78, 5) is 11.6. The Labute approximate surface area is 160 Å². The zero-order valence-electron chi connectivity index (χ0n) is 15.8. The van der Waals surface area contributed by atoms with Gasteiger partial charge in [0.05, 0.1) is 19.2 Å². The molecule has 1 saturated heterocycles. The van der Waals surface area contributed by atoms with Gasteiger partial charge in [-0.3, -0.25) is 0 Å². The first-order valence-corrected chi connectivity index (χ1v) is 9.70. The molecule has 142 valence electrons. The Hall–Kier alpha value is -2.76. The molecule has 0 amide bonds. The van der Waals surface area contributed by atoms with Crippen LogP contribution in [0, 0.1) is 6.92 Å². The third-order valence-electron chi connectivity index (χ3n) is 5.14. The first kappa shape index (κ1) is 17.6. The summed E-state index contributed by atoms with van der Waals surface area (Å²) in [6.07, 6.45) is 3.36. The average Bonchev–Trinajstić information content (AvgIpc) is 3.21. The Kier molecular flexibility index (Phi) is 5.14. The number of nitrogens with two attached hydrogens (primary N) is 1. The number of guanidine groups is 1. The number of nitrogens with one attached hydrogen (secondary N) is 1. The minimum Gasteiger partial charge on any atom is -0.493 e. The number of benzene rings is 1. The van der Waals surface area contributed by atoms with Crippen molar-refractivity contribution in [1.82, 2.24) is 10.3 Å². The first-order valence-electron chi connectivity index (χ1n) is 9.70. The molecule has 3 heterocycles. The molecule has 1 aromatic carbocycles. The summed E-state index contributed by atoms with van der Waals surface area (Å²) in [7, 11) is 0. The van der Waals surface area contributed by atoms with Crippen molar-refractivity contribution < 1.29 is 4.74 Å². The van der Waals surface area contributed by atoms with Crippen LogP contribution in [0.2, 0.25) is 0 Å². The number of aryl methyl sites for hydroxylation is 1. The lowest BCUT2D eigenvalue weighted by atomic mass is 10.0. The minimum absolute atomic E-state index is 0.137. The lowest BCUT2D eigenvalue weighted by Gasteiger charge is -2.27. The topological polar surface area (TPSA) is 75.8 Å². The van der Waals surface area contributed by atoms with Crippen molar-refractivity contribution in [3.05, 3.63) is 53.2 Å². The van der Waals surface area contributed by atoms with Crippen LogP contribution in [-0.2, 0) is 6.54 Å². The van der Waals surface area contributed by atoms with Crippen LogP contribution >= 0.6 is 0 Å². The quantitative estimate of drug-likeness (QED) is 0.644. The van der Waals surface area contributed by atoms with Crippen molar-refractivity contribution >= 4 is 11.8 Å². The monoisotopic (exact) mass is 365 g/mol. The number of rotatable bonds is 4. The third kappa shape index (κ3) is 4.15. The minimum atomic E-state index is 0.137. The largest absolute Gasteiger partial charge is 0.493 e. The third-order valence-corrected chi connectivity index (χ3v) is 5.14. The summed E-state index contributed by atoms with van der Waals surface area (Å²) < 4.78 is 5.71. The van der Waals surface area contributed by atoms with Gasteiger partial charge in [0.1, 0.15) is 11.6 Å². The molecular weight excluding hydrogens is 338 g/mol. The maximum atomic E-state index is 6.18.